The first-order valence-electron chi connectivity index (χ1n) is 5.76. The summed E-state index contributed by atoms with van der Waals surface area (Å²) in [6, 6.07) is 10.1. The lowest BCUT2D eigenvalue weighted by atomic mass is 10.0. The van der Waals surface area contributed by atoms with Gasteiger partial charge in [0.25, 0.3) is 0 Å². The van der Waals surface area contributed by atoms with E-state index in [0.717, 1.165) is 11.3 Å². The van der Waals surface area contributed by atoms with E-state index in [1.807, 2.05) is 18.2 Å². The number of H-pyrrole nitrogens is 1. The third-order valence-electron chi connectivity index (χ3n) is 2.84. The Morgan fingerprint density at radius 2 is 2.00 bits per heavy atom. The molecule has 0 aliphatic rings. The van der Waals surface area contributed by atoms with Crippen LogP contribution >= 0.6 is 0 Å². The van der Waals surface area contributed by atoms with Crippen molar-refractivity contribution in [1.29, 1.82) is 0 Å². The summed E-state index contributed by atoms with van der Waals surface area (Å²) in [5, 5.41) is 6.79. The average Bonchev–Trinajstić information content (AvgIpc) is 2.89. The van der Waals surface area contributed by atoms with Gasteiger partial charge in [-0.2, -0.15) is 5.10 Å². The quantitative estimate of drug-likeness (QED) is 0.691. The molecule has 0 spiro atoms. The molecular weight excluding hydrogens is 243 g/mol. The van der Waals surface area contributed by atoms with Crippen LogP contribution in [0, 0.1) is 5.82 Å². The molecule has 0 aliphatic carbocycles. The Labute approximate surface area is 109 Å². The second-order valence-electron chi connectivity index (χ2n) is 4.11. The highest BCUT2D eigenvalue weighted by molar-refractivity contribution is 5.79. The molecule has 0 bridgehead atoms. The smallest absolute Gasteiger partial charge is 0.134 e. The van der Waals surface area contributed by atoms with Crippen molar-refractivity contribution in [2.24, 2.45) is 0 Å². The fourth-order valence-corrected chi connectivity index (χ4v) is 1.94. The number of pyridine rings is 1. The molecular formula is C14H11FN4. The molecule has 0 atom stereocenters. The minimum absolute atomic E-state index is 0.388. The van der Waals surface area contributed by atoms with Crippen molar-refractivity contribution in [2.75, 3.05) is 5.73 Å². The first-order valence-corrected chi connectivity index (χ1v) is 5.76. The predicted molar refractivity (Wildman–Crippen MR) is 71.6 cm³/mol. The lowest BCUT2D eigenvalue weighted by Crippen LogP contribution is -1.91. The molecule has 94 valence electrons. The maximum absolute atomic E-state index is 14.0. The SMILES string of the molecule is Nc1ccc(-c2[nH]ncc2-c2ccccn2)c(F)c1. The Balaban J connectivity index is 2.15. The second-order valence-corrected chi connectivity index (χ2v) is 4.11. The van der Waals surface area contributed by atoms with E-state index in [9.17, 15) is 4.39 Å². The number of nitrogens with two attached hydrogens (primary N) is 1. The predicted octanol–water partition coefficient (Wildman–Crippen LogP) is 2.86. The summed E-state index contributed by atoms with van der Waals surface area (Å²) in [7, 11) is 0. The number of nitrogen functional groups attached to an aromatic ring is 1. The van der Waals surface area contributed by atoms with Crippen LogP contribution in [-0.4, -0.2) is 15.2 Å². The Morgan fingerprint density at radius 3 is 2.74 bits per heavy atom. The molecule has 3 aromatic rings. The fourth-order valence-electron chi connectivity index (χ4n) is 1.94. The number of anilines is 1. The van der Waals surface area contributed by atoms with E-state index in [1.54, 1.807) is 24.5 Å². The molecule has 0 unspecified atom stereocenters. The van der Waals surface area contributed by atoms with Gasteiger partial charge in [0.15, 0.2) is 0 Å². The van der Waals surface area contributed by atoms with Crippen molar-refractivity contribution in [3.8, 4) is 22.5 Å². The molecule has 3 rings (SSSR count). The molecule has 0 aliphatic heterocycles. The number of hydrogen-bond acceptors (Lipinski definition) is 3. The van der Waals surface area contributed by atoms with Gasteiger partial charge in [-0.1, -0.05) is 6.07 Å². The standard InChI is InChI=1S/C14H11FN4/c15-12-7-9(16)4-5-10(12)14-11(8-18-19-14)13-3-1-2-6-17-13/h1-8H,16H2,(H,18,19). The van der Waals surface area contributed by atoms with E-state index in [0.29, 0.717) is 16.9 Å². The lowest BCUT2D eigenvalue weighted by molar-refractivity contribution is 0.631. The van der Waals surface area contributed by atoms with Crippen LogP contribution in [0.1, 0.15) is 0 Å². The highest BCUT2D eigenvalue weighted by atomic mass is 19.1. The maximum Gasteiger partial charge on any atom is 0.134 e. The fraction of sp³-hybridized carbons (Fsp3) is 0. The molecule has 3 N–H and O–H groups in total. The van der Waals surface area contributed by atoms with Crippen LogP contribution in [0.2, 0.25) is 0 Å². The zero-order valence-corrected chi connectivity index (χ0v) is 9.97. The summed E-state index contributed by atoms with van der Waals surface area (Å²) in [6.45, 7) is 0. The second kappa shape index (κ2) is 4.53. The van der Waals surface area contributed by atoms with Crippen molar-refractivity contribution < 1.29 is 4.39 Å². The van der Waals surface area contributed by atoms with E-state index < -0.39 is 0 Å². The number of hydrogen-bond donors (Lipinski definition) is 2. The summed E-state index contributed by atoms with van der Waals surface area (Å²) in [5.74, 6) is -0.388. The number of benzene rings is 1. The van der Waals surface area contributed by atoms with Crippen LogP contribution in [0.15, 0.2) is 48.8 Å². The minimum Gasteiger partial charge on any atom is -0.399 e. The van der Waals surface area contributed by atoms with Gasteiger partial charge >= 0.3 is 0 Å². The third-order valence-corrected chi connectivity index (χ3v) is 2.84. The van der Waals surface area contributed by atoms with Crippen LogP contribution in [0.4, 0.5) is 10.1 Å². The molecule has 0 saturated carbocycles. The van der Waals surface area contributed by atoms with Gasteiger partial charge in [0.1, 0.15) is 5.82 Å². The zero-order chi connectivity index (χ0) is 13.2. The highest BCUT2D eigenvalue weighted by Gasteiger charge is 2.14. The summed E-state index contributed by atoms with van der Waals surface area (Å²) >= 11 is 0. The van der Waals surface area contributed by atoms with E-state index in [2.05, 4.69) is 15.2 Å². The van der Waals surface area contributed by atoms with Crippen molar-refractivity contribution in [2.45, 2.75) is 0 Å². The zero-order valence-electron chi connectivity index (χ0n) is 9.97. The van der Waals surface area contributed by atoms with Gasteiger partial charge in [0.05, 0.1) is 17.6 Å². The average molecular weight is 254 g/mol. The summed E-state index contributed by atoms with van der Waals surface area (Å²) < 4.78 is 14.0. The summed E-state index contributed by atoms with van der Waals surface area (Å²) in [6.07, 6.45) is 3.32. The molecule has 2 heterocycles. The van der Waals surface area contributed by atoms with Gasteiger partial charge in [-0.3, -0.25) is 10.1 Å². The Morgan fingerprint density at radius 1 is 1.11 bits per heavy atom. The highest BCUT2D eigenvalue weighted by Crippen LogP contribution is 2.31. The summed E-state index contributed by atoms with van der Waals surface area (Å²) in [4.78, 5) is 4.25. The number of halogens is 1. The molecule has 0 radical (unpaired) electrons. The number of aromatic nitrogens is 3. The monoisotopic (exact) mass is 254 g/mol. The topological polar surface area (TPSA) is 67.6 Å². The molecule has 2 aromatic heterocycles. The minimum atomic E-state index is -0.388. The van der Waals surface area contributed by atoms with Crippen LogP contribution in [0.3, 0.4) is 0 Å². The van der Waals surface area contributed by atoms with E-state index in [-0.39, 0.29) is 5.82 Å². The number of rotatable bonds is 2. The molecule has 4 nitrogen and oxygen atoms in total. The van der Waals surface area contributed by atoms with E-state index in [1.165, 1.54) is 6.07 Å². The molecule has 5 heteroatoms. The Hall–Kier alpha value is -2.69. The first kappa shape index (κ1) is 11.4. The van der Waals surface area contributed by atoms with E-state index in [4.69, 9.17) is 5.73 Å². The van der Waals surface area contributed by atoms with Crippen molar-refractivity contribution in [1.82, 2.24) is 15.2 Å². The first-order chi connectivity index (χ1) is 9.25. The Bertz CT molecular complexity index is 706. The number of nitrogens with zero attached hydrogens (tertiary/aromatic N) is 2. The lowest BCUT2D eigenvalue weighted by Gasteiger charge is -2.05. The van der Waals surface area contributed by atoms with Crippen LogP contribution in [0.25, 0.3) is 22.5 Å². The normalized spacial score (nSPS) is 10.6. The van der Waals surface area contributed by atoms with E-state index >= 15 is 0 Å². The van der Waals surface area contributed by atoms with Crippen LogP contribution in [0.5, 0.6) is 0 Å². The molecule has 0 amide bonds. The molecule has 0 fully saturated rings. The molecule has 19 heavy (non-hydrogen) atoms. The maximum atomic E-state index is 14.0. The molecule has 0 saturated heterocycles. The van der Waals surface area contributed by atoms with Crippen molar-refractivity contribution >= 4 is 5.69 Å². The van der Waals surface area contributed by atoms with Gasteiger partial charge in [0.2, 0.25) is 0 Å². The van der Waals surface area contributed by atoms with Crippen molar-refractivity contribution in [3.05, 3.63) is 54.6 Å². The van der Waals surface area contributed by atoms with Crippen molar-refractivity contribution in [3.63, 3.8) is 0 Å². The van der Waals surface area contributed by atoms with Gasteiger partial charge in [-0.05, 0) is 30.3 Å². The number of aromatic amines is 1. The third kappa shape index (κ3) is 2.06. The summed E-state index contributed by atoms with van der Waals surface area (Å²) in [5.41, 5.74) is 8.45. The van der Waals surface area contributed by atoms with Gasteiger partial charge < -0.3 is 5.73 Å². The van der Waals surface area contributed by atoms with Gasteiger partial charge in [-0.25, -0.2) is 4.39 Å². The Kier molecular flexibility index (Phi) is 2.72. The number of nitrogens with one attached hydrogen (secondary N) is 1. The largest absolute Gasteiger partial charge is 0.399 e. The van der Waals surface area contributed by atoms with Crippen LogP contribution in [-0.2, 0) is 0 Å². The molecule has 1 aromatic carbocycles. The van der Waals surface area contributed by atoms with Crippen LogP contribution < -0.4 is 5.73 Å². The van der Waals surface area contributed by atoms with Gasteiger partial charge in [-0.15, -0.1) is 0 Å². The van der Waals surface area contributed by atoms with Gasteiger partial charge in [0, 0.05) is 23.0 Å².